The zero-order valence-electron chi connectivity index (χ0n) is 11.1. The summed E-state index contributed by atoms with van der Waals surface area (Å²) in [5, 5.41) is 3.04. The Balaban J connectivity index is 1.97. The fraction of sp³-hybridized carbons (Fsp3) is 0.462. The number of alkyl halides is 3. The molecule has 0 aliphatic carbocycles. The van der Waals surface area contributed by atoms with Crippen molar-refractivity contribution in [2.24, 2.45) is 5.73 Å². The van der Waals surface area contributed by atoms with Gasteiger partial charge in [0.15, 0.2) is 0 Å². The van der Waals surface area contributed by atoms with Gasteiger partial charge in [-0.3, -0.25) is 0 Å². The standard InChI is InChI=1S/C13H15F4N3O/c14-11-2-1-8(5-10(11)13(15,16)17)6-19-9-3-4-20(7-9)12(18)21/h1-2,5,9,19H,3-4,6-7H2,(H2,18,21)/t9-/m1/s1. The highest BCUT2D eigenvalue weighted by Gasteiger charge is 2.34. The van der Waals surface area contributed by atoms with Crippen LogP contribution in [-0.4, -0.2) is 30.1 Å². The monoisotopic (exact) mass is 305 g/mol. The first kappa shape index (κ1) is 15.6. The third kappa shape index (κ3) is 3.84. The number of primary amides is 1. The predicted octanol–water partition coefficient (Wildman–Crippen LogP) is 2.09. The van der Waals surface area contributed by atoms with Crippen molar-refractivity contribution in [3.05, 3.63) is 35.1 Å². The first-order valence-corrected chi connectivity index (χ1v) is 6.41. The second-order valence-corrected chi connectivity index (χ2v) is 4.96. The van der Waals surface area contributed by atoms with Gasteiger partial charge < -0.3 is 16.0 Å². The molecule has 8 heteroatoms. The van der Waals surface area contributed by atoms with E-state index < -0.39 is 23.6 Å². The minimum atomic E-state index is -4.71. The second kappa shape index (κ2) is 5.88. The third-order valence-corrected chi connectivity index (χ3v) is 3.43. The fourth-order valence-electron chi connectivity index (χ4n) is 2.29. The Morgan fingerprint density at radius 3 is 2.71 bits per heavy atom. The van der Waals surface area contributed by atoms with Crippen molar-refractivity contribution in [2.75, 3.05) is 13.1 Å². The summed E-state index contributed by atoms with van der Waals surface area (Å²) in [6.45, 7) is 1.10. The maximum atomic E-state index is 13.1. The summed E-state index contributed by atoms with van der Waals surface area (Å²) in [5.74, 6) is -1.29. The largest absolute Gasteiger partial charge is 0.419 e. The highest BCUT2D eigenvalue weighted by molar-refractivity contribution is 5.72. The molecule has 2 rings (SSSR count). The van der Waals surface area contributed by atoms with Crippen LogP contribution in [-0.2, 0) is 12.7 Å². The molecule has 1 heterocycles. The predicted molar refractivity (Wildman–Crippen MR) is 67.8 cm³/mol. The summed E-state index contributed by atoms with van der Waals surface area (Å²) in [6, 6.07) is 2.36. The Labute approximate surface area is 118 Å². The van der Waals surface area contributed by atoms with Crippen molar-refractivity contribution in [1.82, 2.24) is 10.2 Å². The normalized spacial score (nSPS) is 19.0. The number of hydrogen-bond acceptors (Lipinski definition) is 2. The summed E-state index contributed by atoms with van der Waals surface area (Å²) < 4.78 is 50.9. The molecule has 1 fully saturated rings. The van der Waals surface area contributed by atoms with Gasteiger partial charge in [-0.2, -0.15) is 13.2 Å². The van der Waals surface area contributed by atoms with Gasteiger partial charge in [0.25, 0.3) is 0 Å². The van der Waals surface area contributed by atoms with Gasteiger partial charge in [-0.25, -0.2) is 9.18 Å². The molecular weight excluding hydrogens is 290 g/mol. The van der Waals surface area contributed by atoms with Gasteiger partial charge in [-0.15, -0.1) is 0 Å². The molecule has 0 saturated carbocycles. The Morgan fingerprint density at radius 2 is 2.14 bits per heavy atom. The fourth-order valence-corrected chi connectivity index (χ4v) is 2.29. The van der Waals surface area contributed by atoms with E-state index in [2.05, 4.69) is 5.32 Å². The minimum Gasteiger partial charge on any atom is -0.351 e. The summed E-state index contributed by atoms with van der Waals surface area (Å²) in [7, 11) is 0. The highest BCUT2D eigenvalue weighted by Crippen LogP contribution is 2.31. The molecule has 3 N–H and O–H groups in total. The van der Waals surface area contributed by atoms with Crippen molar-refractivity contribution >= 4 is 6.03 Å². The summed E-state index contributed by atoms with van der Waals surface area (Å²) in [6.07, 6.45) is -4.04. The van der Waals surface area contributed by atoms with E-state index in [0.717, 1.165) is 12.1 Å². The van der Waals surface area contributed by atoms with Gasteiger partial charge in [0.05, 0.1) is 5.56 Å². The average molecular weight is 305 g/mol. The Kier molecular flexibility index (Phi) is 4.36. The topological polar surface area (TPSA) is 58.4 Å². The zero-order valence-corrected chi connectivity index (χ0v) is 11.1. The van der Waals surface area contributed by atoms with Crippen molar-refractivity contribution in [3.63, 3.8) is 0 Å². The Bertz CT molecular complexity index is 533. The maximum absolute atomic E-state index is 13.1. The molecule has 1 aliphatic heterocycles. The van der Waals surface area contributed by atoms with Crippen LogP contribution in [0.4, 0.5) is 22.4 Å². The summed E-state index contributed by atoms with van der Waals surface area (Å²) in [5.41, 5.74) is 4.21. The number of carbonyl (C=O) groups is 1. The lowest BCUT2D eigenvalue weighted by atomic mass is 10.1. The van der Waals surface area contributed by atoms with Gasteiger partial charge in [0.2, 0.25) is 0 Å². The summed E-state index contributed by atoms with van der Waals surface area (Å²) in [4.78, 5) is 12.4. The van der Waals surface area contributed by atoms with Crippen molar-refractivity contribution < 1.29 is 22.4 Å². The quantitative estimate of drug-likeness (QED) is 0.840. The molecule has 2 amide bonds. The minimum absolute atomic E-state index is 0.0307. The number of likely N-dealkylation sites (tertiary alicyclic amines) is 1. The molecule has 0 bridgehead atoms. The van der Waals surface area contributed by atoms with Crippen LogP contribution in [0.15, 0.2) is 18.2 Å². The van der Waals surface area contributed by atoms with E-state index in [0.29, 0.717) is 25.1 Å². The number of amides is 2. The lowest BCUT2D eigenvalue weighted by molar-refractivity contribution is -0.140. The number of benzene rings is 1. The van der Waals surface area contributed by atoms with Gasteiger partial charge in [-0.05, 0) is 24.1 Å². The number of nitrogens with one attached hydrogen (secondary N) is 1. The summed E-state index contributed by atoms with van der Waals surface area (Å²) >= 11 is 0. The maximum Gasteiger partial charge on any atom is 0.419 e. The van der Waals surface area contributed by atoms with Gasteiger partial charge in [0.1, 0.15) is 5.82 Å². The van der Waals surface area contributed by atoms with E-state index in [-0.39, 0.29) is 12.6 Å². The first-order chi connectivity index (χ1) is 9.77. The number of nitrogens with two attached hydrogens (primary N) is 1. The van der Waals surface area contributed by atoms with Crippen molar-refractivity contribution in [2.45, 2.75) is 25.2 Å². The van der Waals surface area contributed by atoms with Gasteiger partial charge >= 0.3 is 12.2 Å². The smallest absolute Gasteiger partial charge is 0.351 e. The molecule has 1 atom stereocenters. The van der Waals surface area contributed by atoms with Crippen molar-refractivity contribution in [1.29, 1.82) is 0 Å². The van der Waals surface area contributed by atoms with E-state index >= 15 is 0 Å². The zero-order chi connectivity index (χ0) is 15.6. The molecule has 4 nitrogen and oxygen atoms in total. The lowest BCUT2D eigenvalue weighted by Gasteiger charge is -2.15. The van der Waals surface area contributed by atoms with Crippen molar-refractivity contribution in [3.8, 4) is 0 Å². The average Bonchev–Trinajstić information content (AvgIpc) is 2.85. The van der Waals surface area contributed by atoms with E-state index in [1.165, 1.54) is 11.0 Å². The van der Waals surface area contributed by atoms with E-state index in [1.807, 2.05) is 0 Å². The number of rotatable bonds is 3. The van der Waals surface area contributed by atoms with Gasteiger partial charge in [0, 0.05) is 25.7 Å². The van der Waals surface area contributed by atoms with E-state index in [1.54, 1.807) is 0 Å². The highest BCUT2D eigenvalue weighted by atomic mass is 19.4. The molecule has 0 unspecified atom stereocenters. The molecule has 0 radical (unpaired) electrons. The molecule has 1 saturated heterocycles. The Hall–Kier alpha value is -1.83. The van der Waals surface area contributed by atoms with Crippen LogP contribution in [0.25, 0.3) is 0 Å². The van der Waals surface area contributed by atoms with Crippen LogP contribution in [0.5, 0.6) is 0 Å². The van der Waals surface area contributed by atoms with E-state index in [9.17, 15) is 22.4 Å². The molecule has 21 heavy (non-hydrogen) atoms. The van der Waals surface area contributed by atoms with Crippen LogP contribution < -0.4 is 11.1 Å². The van der Waals surface area contributed by atoms with Crippen LogP contribution in [0, 0.1) is 5.82 Å². The molecule has 0 aromatic heterocycles. The molecule has 0 spiro atoms. The Morgan fingerprint density at radius 1 is 1.43 bits per heavy atom. The lowest BCUT2D eigenvalue weighted by Crippen LogP contribution is -2.37. The second-order valence-electron chi connectivity index (χ2n) is 4.96. The van der Waals surface area contributed by atoms with Crippen LogP contribution in [0.1, 0.15) is 17.5 Å². The number of urea groups is 1. The SMILES string of the molecule is NC(=O)N1CC[C@@H](NCc2ccc(F)c(C(F)(F)F)c2)C1. The van der Waals surface area contributed by atoms with Crippen LogP contribution in [0.3, 0.4) is 0 Å². The number of hydrogen-bond donors (Lipinski definition) is 2. The molecule has 116 valence electrons. The molecule has 1 aromatic rings. The molecule has 1 aromatic carbocycles. The molecule has 1 aliphatic rings. The third-order valence-electron chi connectivity index (χ3n) is 3.43. The number of nitrogens with zero attached hydrogens (tertiary/aromatic N) is 1. The van der Waals surface area contributed by atoms with E-state index in [4.69, 9.17) is 5.73 Å². The van der Waals surface area contributed by atoms with Crippen LogP contribution >= 0.6 is 0 Å². The first-order valence-electron chi connectivity index (χ1n) is 6.41. The number of carbonyl (C=O) groups excluding carboxylic acids is 1. The molecular formula is C13H15F4N3O. The number of halogens is 4. The van der Waals surface area contributed by atoms with Gasteiger partial charge in [-0.1, -0.05) is 6.07 Å². The van der Waals surface area contributed by atoms with Crippen LogP contribution in [0.2, 0.25) is 0 Å².